The molecule has 0 bridgehead atoms. The minimum Gasteiger partial charge on any atom is -0.119 e. The number of thioether (sulfide) groups is 1. The average Bonchev–Trinajstić information content (AvgIpc) is 2.40. The van der Waals surface area contributed by atoms with Gasteiger partial charge in [-0.1, -0.05) is 62.0 Å². The maximum absolute atomic E-state index is 2.46. The second-order valence-corrected chi connectivity index (χ2v) is 7.27. The zero-order valence-corrected chi connectivity index (χ0v) is 13.1. The topological polar surface area (TPSA) is 0 Å². The van der Waals surface area contributed by atoms with Crippen LogP contribution < -0.4 is 0 Å². The largest absolute Gasteiger partial charge is 0.119 e. The van der Waals surface area contributed by atoms with E-state index in [0.29, 0.717) is 5.25 Å². The lowest BCUT2D eigenvalue weighted by molar-refractivity contribution is 0.343. The molecular weight excluding hydrogens is 248 g/mol. The van der Waals surface area contributed by atoms with E-state index in [-0.39, 0.29) is 0 Å². The van der Waals surface area contributed by atoms with Crippen molar-refractivity contribution in [1.29, 1.82) is 0 Å². The summed E-state index contributed by atoms with van der Waals surface area (Å²) in [4.78, 5) is 1.40. The van der Waals surface area contributed by atoms with E-state index in [1.165, 1.54) is 49.0 Å². The third-order valence-electron chi connectivity index (χ3n) is 3.84. The van der Waals surface area contributed by atoms with Gasteiger partial charge in [0.25, 0.3) is 0 Å². The molecule has 0 aliphatic heterocycles. The summed E-state index contributed by atoms with van der Waals surface area (Å²) < 4.78 is 0. The molecule has 0 aromatic heterocycles. The van der Waals surface area contributed by atoms with Gasteiger partial charge in [0.2, 0.25) is 0 Å². The zero-order valence-electron chi connectivity index (χ0n) is 12.3. The van der Waals surface area contributed by atoms with Gasteiger partial charge in [0.1, 0.15) is 0 Å². The van der Waals surface area contributed by atoms with Crippen LogP contribution in [0.25, 0.3) is 0 Å². The molecule has 0 spiro atoms. The SMILES string of the molecule is CC(C)=CC(CC1CCCCC1)Sc1ccccc1. The van der Waals surface area contributed by atoms with E-state index < -0.39 is 0 Å². The van der Waals surface area contributed by atoms with Crippen molar-refractivity contribution in [3.05, 3.63) is 42.0 Å². The molecule has 1 heteroatoms. The Bertz CT molecular complexity index is 383. The maximum Gasteiger partial charge on any atom is 0.0279 e. The quantitative estimate of drug-likeness (QED) is 0.463. The lowest BCUT2D eigenvalue weighted by Gasteiger charge is -2.25. The number of hydrogen-bond donors (Lipinski definition) is 0. The molecule has 1 fully saturated rings. The van der Waals surface area contributed by atoms with E-state index in [1.807, 2.05) is 11.8 Å². The second kappa shape index (κ2) is 7.79. The summed E-state index contributed by atoms with van der Waals surface area (Å²) in [6.07, 6.45) is 11.1. The van der Waals surface area contributed by atoms with Gasteiger partial charge in [-0.3, -0.25) is 0 Å². The first-order valence-corrected chi connectivity index (χ1v) is 8.49. The van der Waals surface area contributed by atoms with Crippen molar-refractivity contribution in [2.75, 3.05) is 0 Å². The summed E-state index contributed by atoms with van der Waals surface area (Å²) in [5, 5.41) is 0.649. The van der Waals surface area contributed by atoms with Gasteiger partial charge in [-0.15, -0.1) is 11.8 Å². The zero-order chi connectivity index (χ0) is 13.5. The number of allylic oxidation sites excluding steroid dienone is 1. The monoisotopic (exact) mass is 274 g/mol. The van der Waals surface area contributed by atoms with E-state index in [1.54, 1.807) is 0 Å². The van der Waals surface area contributed by atoms with Crippen LogP contribution >= 0.6 is 11.8 Å². The Balaban J connectivity index is 1.97. The highest BCUT2D eigenvalue weighted by atomic mass is 32.2. The van der Waals surface area contributed by atoms with Gasteiger partial charge < -0.3 is 0 Å². The Kier molecular flexibility index (Phi) is 6.03. The normalized spacial score (nSPS) is 18.0. The average molecular weight is 274 g/mol. The standard InChI is InChI=1S/C18H26S/c1-15(2)13-18(14-16-9-5-3-6-10-16)19-17-11-7-4-8-12-17/h4,7-8,11-13,16,18H,3,5-6,9-10,14H2,1-2H3. The molecule has 0 radical (unpaired) electrons. The summed E-state index contributed by atoms with van der Waals surface area (Å²) in [5.74, 6) is 0.950. The molecule has 1 saturated carbocycles. The Hall–Kier alpha value is -0.690. The Labute approximate surface area is 122 Å². The molecule has 0 amide bonds. The van der Waals surface area contributed by atoms with Crippen LogP contribution in [0.1, 0.15) is 52.4 Å². The molecule has 2 rings (SSSR count). The van der Waals surface area contributed by atoms with E-state index in [4.69, 9.17) is 0 Å². The lowest BCUT2D eigenvalue weighted by Crippen LogP contribution is -2.12. The van der Waals surface area contributed by atoms with E-state index >= 15 is 0 Å². The van der Waals surface area contributed by atoms with Gasteiger partial charge in [0.05, 0.1) is 0 Å². The highest BCUT2D eigenvalue weighted by Crippen LogP contribution is 2.34. The molecule has 0 saturated heterocycles. The first kappa shape index (κ1) is 14.7. The van der Waals surface area contributed by atoms with Crippen molar-refractivity contribution < 1.29 is 0 Å². The van der Waals surface area contributed by atoms with Crippen LogP contribution in [-0.2, 0) is 0 Å². The fourth-order valence-electron chi connectivity index (χ4n) is 2.95. The highest BCUT2D eigenvalue weighted by Gasteiger charge is 2.18. The van der Waals surface area contributed by atoms with Crippen molar-refractivity contribution >= 4 is 11.8 Å². The first-order chi connectivity index (χ1) is 9.24. The first-order valence-electron chi connectivity index (χ1n) is 7.61. The Morgan fingerprint density at radius 3 is 2.47 bits per heavy atom. The molecule has 1 unspecified atom stereocenters. The molecule has 104 valence electrons. The van der Waals surface area contributed by atoms with E-state index in [0.717, 1.165) is 5.92 Å². The third kappa shape index (κ3) is 5.44. The van der Waals surface area contributed by atoms with Crippen LogP contribution in [0.2, 0.25) is 0 Å². The van der Waals surface area contributed by atoms with Crippen molar-refractivity contribution in [3.8, 4) is 0 Å². The molecular formula is C18H26S. The summed E-state index contributed by atoms with van der Waals surface area (Å²) in [7, 11) is 0. The van der Waals surface area contributed by atoms with Gasteiger partial charge in [-0.05, 0) is 38.3 Å². The molecule has 1 aliphatic rings. The molecule has 0 heterocycles. The van der Waals surface area contributed by atoms with Crippen LogP contribution in [0, 0.1) is 5.92 Å². The molecule has 19 heavy (non-hydrogen) atoms. The van der Waals surface area contributed by atoms with Crippen LogP contribution in [-0.4, -0.2) is 5.25 Å². The molecule has 1 aliphatic carbocycles. The van der Waals surface area contributed by atoms with Crippen LogP contribution in [0.5, 0.6) is 0 Å². The fraction of sp³-hybridized carbons (Fsp3) is 0.556. The summed E-state index contributed by atoms with van der Waals surface area (Å²) in [6, 6.07) is 10.8. The number of rotatable bonds is 5. The van der Waals surface area contributed by atoms with Crippen LogP contribution in [0.4, 0.5) is 0 Å². The molecule has 1 aromatic rings. The summed E-state index contributed by atoms with van der Waals surface area (Å²) in [6.45, 7) is 4.44. The van der Waals surface area contributed by atoms with Gasteiger partial charge in [0, 0.05) is 10.1 Å². The molecule has 1 aromatic carbocycles. The minimum atomic E-state index is 0.649. The third-order valence-corrected chi connectivity index (χ3v) is 5.02. The Morgan fingerprint density at radius 2 is 1.84 bits per heavy atom. The Morgan fingerprint density at radius 1 is 1.16 bits per heavy atom. The van der Waals surface area contributed by atoms with Gasteiger partial charge in [0.15, 0.2) is 0 Å². The number of benzene rings is 1. The van der Waals surface area contributed by atoms with Crippen molar-refractivity contribution in [3.63, 3.8) is 0 Å². The van der Waals surface area contributed by atoms with E-state index in [9.17, 15) is 0 Å². The van der Waals surface area contributed by atoms with Gasteiger partial charge in [-0.2, -0.15) is 0 Å². The molecule has 1 atom stereocenters. The van der Waals surface area contributed by atoms with Crippen molar-refractivity contribution in [2.45, 2.75) is 62.5 Å². The maximum atomic E-state index is 2.46. The fourth-order valence-corrected chi connectivity index (χ4v) is 4.32. The van der Waals surface area contributed by atoms with Gasteiger partial charge in [-0.25, -0.2) is 0 Å². The predicted octanol–water partition coefficient (Wildman–Crippen LogP) is 6.08. The smallest absolute Gasteiger partial charge is 0.0279 e. The minimum absolute atomic E-state index is 0.649. The van der Waals surface area contributed by atoms with Crippen LogP contribution in [0.3, 0.4) is 0 Å². The van der Waals surface area contributed by atoms with Crippen molar-refractivity contribution in [1.82, 2.24) is 0 Å². The second-order valence-electron chi connectivity index (χ2n) is 5.95. The summed E-state index contributed by atoms with van der Waals surface area (Å²) >= 11 is 2.03. The van der Waals surface area contributed by atoms with E-state index in [2.05, 4.69) is 50.3 Å². The molecule has 0 nitrogen and oxygen atoms in total. The van der Waals surface area contributed by atoms with Crippen LogP contribution in [0.15, 0.2) is 46.9 Å². The summed E-state index contributed by atoms with van der Waals surface area (Å²) in [5.41, 5.74) is 1.45. The lowest BCUT2D eigenvalue weighted by atomic mass is 9.86. The number of hydrogen-bond acceptors (Lipinski definition) is 1. The molecule has 0 N–H and O–H groups in total. The predicted molar refractivity (Wildman–Crippen MR) is 86.7 cm³/mol. The van der Waals surface area contributed by atoms with Gasteiger partial charge >= 0.3 is 0 Å². The highest BCUT2D eigenvalue weighted by molar-refractivity contribution is 8.00. The van der Waals surface area contributed by atoms with Crippen molar-refractivity contribution in [2.24, 2.45) is 5.92 Å².